The van der Waals surface area contributed by atoms with Crippen LogP contribution in [0.1, 0.15) is 15.9 Å². The van der Waals surface area contributed by atoms with E-state index in [0.717, 1.165) is 11.3 Å². The highest BCUT2D eigenvalue weighted by Gasteiger charge is 2.02. The summed E-state index contributed by atoms with van der Waals surface area (Å²) >= 11 is 3.24. The van der Waals surface area contributed by atoms with Crippen LogP contribution in [0.2, 0.25) is 0 Å². The molecule has 2 rings (SSSR count). The molecule has 2 aromatic rings. The summed E-state index contributed by atoms with van der Waals surface area (Å²) in [7, 11) is 0. The molecule has 2 aromatic carbocycles. The number of carbonyl (C=O) groups excluding carboxylic acids is 1. The van der Waals surface area contributed by atoms with Gasteiger partial charge in [-0.3, -0.25) is 4.79 Å². The quantitative estimate of drug-likeness (QED) is 0.907. The number of primary amides is 1. The summed E-state index contributed by atoms with van der Waals surface area (Å²) in [6, 6.07) is 11.6. The maximum atomic E-state index is 13.2. The Kier molecular flexibility index (Phi) is 4.16. The number of nitrogens with two attached hydrogens (primary N) is 1. The van der Waals surface area contributed by atoms with Crippen molar-refractivity contribution in [1.82, 2.24) is 0 Å². The molecule has 0 fully saturated rings. The molecule has 0 unspecified atom stereocenters. The van der Waals surface area contributed by atoms with Crippen molar-refractivity contribution in [2.45, 2.75) is 6.54 Å². The standard InChI is InChI=1S/C14H12BrFN2O/c15-11-4-9(5-12(16)7-11)8-18-13-3-1-2-10(6-13)14(17)19/h1-7,18H,8H2,(H2,17,19). The number of hydrogen-bond donors (Lipinski definition) is 2. The molecular formula is C14H12BrFN2O. The number of anilines is 1. The summed E-state index contributed by atoms with van der Waals surface area (Å²) in [6.45, 7) is 0.457. The Bertz CT molecular complexity index is 596. The fourth-order valence-electron chi connectivity index (χ4n) is 1.70. The SMILES string of the molecule is NC(=O)c1cccc(NCc2cc(F)cc(Br)c2)c1. The fraction of sp³-hybridized carbons (Fsp3) is 0.0714. The molecule has 98 valence electrons. The lowest BCUT2D eigenvalue weighted by Crippen LogP contribution is -2.11. The Balaban J connectivity index is 2.10. The van der Waals surface area contributed by atoms with E-state index in [1.54, 1.807) is 18.2 Å². The van der Waals surface area contributed by atoms with Crippen molar-refractivity contribution in [2.24, 2.45) is 5.73 Å². The van der Waals surface area contributed by atoms with Crippen LogP contribution in [0.25, 0.3) is 0 Å². The normalized spacial score (nSPS) is 10.2. The van der Waals surface area contributed by atoms with Crippen molar-refractivity contribution >= 4 is 27.5 Å². The second kappa shape index (κ2) is 5.84. The Morgan fingerprint density at radius 3 is 2.74 bits per heavy atom. The van der Waals surface area contributed by atoms with Crippen LogP contribution >= 0.6 is 15.9 Å². The number of hydrogen-bond acceptors (Lipinski definition) is 2. The first-order valence-electron chi connectivity index (χ1n) is 5.63. The van der Waals surface area contributed by atoms with E-state index < -0.39 is 5.91 Å². The van der Waals surface area contributed by atoms with E-state index in [1.807, 2.05) is 12.1 Å². The van der Waals surface area contributed by atoms with Crippen LogP contribution < -0.4 is 11.1 Å². The van der Waals surface area contributed by atoms with Crippen molar-refractivity contribution in [1.29, 1.82) is 0 Å². The maximum absolute atomic E-state index is 13.2. The number of halogens is 2. The van der Waals surface area contributed by atoms with Gasteiger partial charge >= 0.3 is 0 Å². The van der Waals surface area contributed by atoms with Gasteiger partial charge in [-0.05, 0) is 42.0 Å². The summed E-state index contributed by atoms with van der Waals surface area (Å²) in [4.78, 5) is 11.1. The Hall–Kier alpha value is -1.88. The topological polar surface area (TPSA) is 55.1 Å². The first-order valence-corrected chi connectivity index (χ1v) is 6.42. The maximum Gasteiger partial charge on any atom is 0.248 e. The molecule has 1 amide bonds. The fourth-order valence-corrected chi connectivity index (χ4v) is 2.21. The first-order chi connectivity index (χ1) is 9.04. The Morgan fingerprint density at radius 1 is 1.26 bits per heavy atom. The molecule has 0 radical (unpaired) electrons. The van der Waals surface area contributed by atoms with Gasteiger partial charge in [0.1, 0.15) is 5.82 Å². The lowest BCUT2D eigenvalue weighted by molar-refractivity contribution is 0.100. The van der Waals surface area contributed by atoms with Crippen molar-refractivity contribution in [3.8, 4) is 0 Å². The highest BCUT2D eigenvalue weighted by molar-refractivity contribution is 9.10. The third kappa shape index (κ3) is 3.79. The third-order valence-electron chi connectivity index (χ3n) is 2.57. The van der Waals surface area contributed by atoms with Gasteiger partial charge in [0.25, 0.3) is 0 Å². The van der Waals surface area contributed by atoms with Crippen molar-refractivity contribution in [3.63, 3.8) is 0 Å². The highest BCUT2D eigenvalue weighted by Crippen LogP contribution is 2.17. The van der Waals surface area contributed by atoms with Crippen LogP contribution in [0.15, 0.2) is 46.9 Å². The molecule has 19 heavy (non-hydrogen) atoms. The molecule has 0 atom stereocenters. The van der Waals surface area contributed by atoms with Crippen LogP contribution in [0.4, 0.5) is 10.1 Å². The van der Waals surface area contributed by atoms with E-state index in [1.165, 1.54) is 12.1 Å². The second-order valence-corrected chi connectivity index (χ2v) is 4.99. The molecule has 5 heteroatoms. The molecule has 0 aliphatic rings. The van der Waals surface area contributed by atoms with Crippen molar-refractivity contribution in [3.05, 3.63) is 63.9 Å². The molecule has 0 aliphatic carbocycles. The van der Waals surface area contributed by atoms with Gasteiger partial charge in [-0.15, -0.1) is 0 Å². The van der Waals surface area contributed by atoms with E-state index >= 15 is 0 Å². The zero-order chi connectivity index (χ0) is 13.8. The van der Waals surface area contributed by atoms with Gasteiger partial charge in [0.2, 0.25) is 5.91 Å². The van der Waals surface area contributed by atoms with Crippen molar-refractivity contribution < 1.29 is 9.18 Å². The molecule has 0 saturated carbocycles. The summed E-state index contributed by atoms with van der Waals surface area (Å²) in [5.74, 6) is -0.769. The Labute approximate surface area is 118 Å². The van der Waals surface area contributed by atoms with Gasteiger partial charge in [0.15, 0.2) is 0 Å². The lowest BCUT2D eigenvalue weighted by Gasteiger charge is -2.08. The van der Waals surface area contributed by atoms with E-state index in [9.17, 15) is 9.18 Å². The number of nitrogens with one attached hydrogen (secondary N) is 1. The minimum absolute atomic E-state index is 0.294. The number of benzene rings is 2. The molecule has 0 aliphatic heterocycles. The van der Waals surface area contributed by atoms with E-state index in [0.29, 0.717) is 16.6 Å². The summed E-state index contributed by atoms with van der Waals surface area (Å²) < 4.78 is 13.9. The third-order valence-corrected chi connectivity index (χ3v) is 3.02. The minimum Gasteiger partial charge on any atom is -0.381 e. The second-order valence-electron chi connectivity index (χ2n) is 4.08. The molecular weight excluding hydrogens is 311 g/mol. The van der Waals surface area contributed by atoms with E-state index in [-0.39, 0.29) is 5.82 Å². The monoisotopic (exact) mass is 322 g/mol. The minimum atomic E-state index is -0.475. The van der Waals surface area contributed by atoms with Gasteiger partial charge in [-0.2, -0.15) is 0 Å². The molecule has 3 nitrogen and oxygen atoms in total. The number of rotatable bonds is 4. The van der Waals surface area contributed by atoms with Gasteiger partial charge in [-0.25, -0.2) is 4.39 Å². The summed E-state index contributed by atoms with van der Waals surface area (Å²) in [6.07, 6.45) is 0. The van der Waals surface area contributed by atoms with Crippen LogP contribution in [-0.2, 0) is 6.54 Å². The number of carbonyl (C=O) groups is 1. The van der Waals surface area contributed by atoms with Crippen LogP contribution in [0.3, 0.4) is 0 Å². The average molecular weight is 323 g/mol. The highest BCUT2D eigenvalue weighted by atomic mass is 79.9. The zero-order valence-corrected chi connectivity index (χ0v) is 11.6. The van der Waals surface area contributed by atoms with Crippen molar-refractivity contribution in [2.75, 3.05) is 5.32 Å². The smallest absolute Gasteiger partial charge is 0.248 e. The van der Waals surface area contributed by atoms with Gasteiger partial charge in [-0.1, -0.05) is 22.0 Å². The summed E-state index contributed by atoms with van der Waals surface area (Å²) in [5, 5.41) is 3.12. The number of amides is 1. The van der Waals surface area contributed by atoms with Gasteiger partial charge in [0, 0.05) is 22.3 Å². The summed E-state index contributed by atoms with van der Waals surface area (Å²) in [5.41, 5.74) is 7.21. The molecule has 3 N–H and O–H groups in total. The van der Waals surface area contributed by atoms with Gasteiger partial charge in [0.05, 0.1) is 0 Å². The molecule has 0 spiro atoms. The largest absolute Gasteiger partial charge is 0.381 e. The lowest BCUT2D eigenvalue weighted by atomic mass is 10.1. The van der Waals surface area contributed by atoms with Crippen LogP contribution in [0.5, 0.6) is 0 Å². The first kappa shape index (κ1) is 13.5. The van der Waals surface area contributed by atoms with E-state index in [2.05, 4.69) is 21.2 Å². The zero-order valence-electron chi connectivity index (χ0n) is 9.99. The predicted octanol–water partition coefficient (Wildman–Crippen LogP) is 3.30. The van der Waals surface area contributed by atoms with Gasteiger partial charge < -0.3 is 11.1 Å². The molecule has 0 saturated heterocycles. The van der Waals surface area contributed by atoms with E-state index in [4.69, 9.17) is 5.73 Å². The Morgan fingerprint density at radius 2 is 2.05 bits per heavy atom. The molecule has 0 heterocycles. The molecule has 0 aromatic heterocycles. The molecule has 0 bridgehead atoms. The predicted molar refractivity (Wildman–Crippen MR) is 76.4 cm³/mol. The van der Waals surface area contributed by atoms with Crippen LogP contribution in [-0.4, -0.2) is 5.91 Å². The van der Waals surface area contributed by atoms with Crippen LogP contribution in [0, 0.1) is 5.82 Å². The average Bonchev–Trinajstić information content (AvgIpc) is 2.35.